The Balaban J connectivity index is 1.76. The minimum atomic E-state index is -4.76. The van der Waals surface area contributed by atoms with Gasteiger partial charge in [0.25, 0.3) is 0 Å². The zero-order chi connectivity index (χ0) is 22.4. The van der Waals surface area contributed by atoms with Crippen LogP contribution in [0, 0.1) is 0 Å². The van der Waals surface area contributed by atoms with Crippen LogP contribution in [0.2, 0.25) is 0 Å². The van der Waals surface area contributed by atoms with Crippen LogP contribution in [0.5, 0.6) is 5.75 Å². The second kappa shape index (κ2) is 7.47. The van der Waals surface area contributed by atoms with E-state index in [4.69, 9.17) is 10.2 Å². The summed E-state index contributed by atoms with van der Waals surface area (Å²) in [4.78, 5) is 11.9. The first-order valence-corrected chi connectivity index (χ1v) is 9.39. The third-order valence-corrected chi connectivity index (χ3v) is 5.51. The van der Waals surface area contributed by atoms with Gasteiger partial charge >= 0.3 is 6.18 Å². The number of fused-ring (bicyclic) bond motifs is 1. The van der Waals surface area contributed by atoms with Gasteiger partial charge in [0.05, 0.1) is 12.2 Å². The largest absolute Gasteiger partial charge is 0.507 e. The van der Waals surface area contributed by atoms with E-state index in [1.165, 1.54) is 6.07 Å². The minimum Gasteiger partial charge on any atom is -0.507 e. The van der Waals surface area contributed by atoms with Crippen molar-refractivity contribution in [2.24, 2.45) is 5.73 Å². The van der Waals surface area contributed by atoms with Crippen LogP contribution >= 0.6 is 0 Å². The molecule has 2 aromatic carbocycles. The predicted octanol–water partition coefficient (Wildman–Crippen LogP) is 3.12. The second-order valence-electron chi connectivity index (χ2n) is 7.62. The monoisotopic (exact) mass is 433 g/mol. The number of nitrogens with zero attached hydrogens (tertiary/aromatic N) is 2. The van der Waals surface area contributed by atoms with Crippen molar-refractivity contribution >= 4 is 6.29 Å². The third kappa shape index (κ3) is 3.79. The van der Waals surface area contributed by atoms with Gasteiger partial charge in [-0.05, 0) is 54.7 Å². The average molecular weight is 433 g/mol. The highest BCUT2D eigenvalue weighted by Crippen LogP contribution is 2.39. The highest BCUT2D eigenvalue weighted by atomic mass is 19.4. The fourth-order valence-corrected chi connectivity index (χ4v) is 3.78. The summed E-state index contributed by atoms with van der Waals surface area (Å²) in [6, 6.07) is 6.28. The van der Waals surface area contributed by atoms with E-state index in [-0.39, 0.29) is 35.9 Å². The number of nitrogens with two attached hydrogens (primary N) is 1. The molecule has 0 saturated carbocycles. The summed E-state index contributed by atoms with van der Waals surface area (Å²) in [7, 11) is 0. The average Bonchev–Trinajstić information content (AvgIpc) is 3.22. The van der Waals surface area contributed by atoms with E-state index in [1.807, 2.05) is 0 Å². The van der Waals surface area contributed by atoms with E-state index < -0.39 is 23.0 Å². The molecule has 0 aliphatic heterocycles. The number of aliphatic hydroxyl groups excluding tert-OH is 1. The maximum atomic E-state index is 13.1. The standard InChI is InChI=1S/C21H18F3N3O4/c22-21(23,24)16-7-12(2-4-17(16)30)18-26-27-19(31-18)13-3-1-11-5-6-20(25,10-29)8-14(11)15(13)9-28/h1-4,7,9,29-30H,5-6,8,10,25H2/t20-/m0/s1. The number of benzene rings is 2. The van der Waals surface area contributed by atoms with Crippen molar-refractivity contribution in [3.05, 3.63) is 52.6 Å². The minimum absolute atomic E-state index is 0.0317. The predicted molar refractivity (Wildman–Crippen MR) is 103 cm³/mol. The van der Waals surface area contributed by atoms with Gasteiger partial charge in [0.1, 0.15) is 5.75 Å². The summed E-state index contributed by atoms with van der Waals surface area (Å²) in [6.45, 7) is -0.234. The molecule has 1 atom stereocenters. The number of rotatable bonds is 4. The molecule has 4 rings (SSSR count). The Morgan fingerprint density at radius 1 is 1.19 bits per heavy atom. The Kier molecular flexibility index (Phi) is 5.06. The Morgan fingerprint density at radius 3 is 2.61 bits per heavy atom. The third-order valence-electron chi connectivity index (χ3n) is 5.51. The van der Waals surface area contributed by atoms with Crippen LogP contribution in [-0.2, 0) is 19.0 Å². The molecule has 1 heterocycles. The summed E-state index contributed by atoms with van der Waals surface area (Å²) in [5, 5.41) is 26.8. The van der Waals surface area contributed by atoms with E-state index in [9.17, 15) is 28.2 Å². The van der Waals surface area contributed by atoms with Gasteiger partial charge in [-0.3, -0.25) is 4.79 Å². The normalized spacial score (nSPS) is 18.6. The van der Waals surface area contributed by atoms with Crippen molar-refractivity contribution in [1.82, 2.24) is 10.2 Å². The number of aldehydes is 1. The number of phenolic OH excluding ortho intramolecular Hbond substituents is 1. The molecule has 162 valence electrons. The Bertz CT molecular complexity index is 1160. The number of hydrogen-bond donors (Lipinski definition) is 3. The highest BCUT2D eigenvalue weighted by molar-refractivity contribution is 5.88. The lowest BCUT2D eigenvalue weighted by Gasteiger charge is -2.34. The number of aliphatic hydroxyl groups is 1. The number of halogens is 3. The molecular formula is C21H18F3N3O4. The molecule has 0 bridgehead atoms. The van der Waals surface area contributed by atoms with Crippen LogP contribution in [-0.4, -0.2) is 38.8 Å². The number of aromatic nitrogens is 2. The summed E-state index contributed by atoms with van der Waals surface area (Å²) < 4.78 is 44.8. The zero-order valence-corrected chi connectivity index (χ0v) is 16.1. The van der Waals surface area contributed by atoms with Crippen molar-refractivity contribution in [3.8, 4) is 28.7 Å². The zero-order valence-electron chi connectivity index (χ0n) is 16.1. The molecule has 0 amide bonds. The van der Waals surface area contributed by atoms with Crippen LogP contribution in [0.3, 0.4) is 0 Å². The van der Waals surface area contributed by atoms with Gasteiger partial charge in [-0.1, -0.05) is 6.07 Å². The Morgan fingerprint density at radius 2 is 1.94 bits per heavy atom. The molecule has 4 N–H and O–H groups in total. The van der Waals surface area contributed by atoms with Gasteiger partial charge in [0.15, 0.2) is 6.29 Å². The van der Waals surface area contributed by atoms with Gasteiger partial charge in [0, 0.05) is 22.2 Å². The van der Waals surface area contributed by atoms with Crippen LogP contribution in [0.15, 0.2) is 34.7 Å². The SMILES string of the molecule is N[C@@]1(CO)CCc2ccc(-c3nnc(-c4ccc(O)c(C(F)(F)F)c4)o3)c(C=O)c2C1. The number of hydrogen-bond acceptors (Lipinski definition) is 7. The van der Waals surface area contributed by atoms with Crippen LogP contribution in [0.25, 0.3) is 22.9 Å². The molecule has 31 heavy (non-hydrogen) atoms. The van der Waals surface area contributed by atoms with Crippen molar-refractivity contribution in [2.45, 2.75) is 31.0 Å². The van der Waals surface area contributed by atoms with Crippen molar-refractivity contribution in [3.63, 3.8) is 0 Å². The fraction of sp³-hybridized carbons (Fsp3) is 0.286. The smallest absolute Gasteiger partial charge is 0.419 e. The number of alkyl halides is 3. The number of carbonyl (C=O) groups is 1. The lowest BCUT2D eigenvalue weighted by molar-refractivity contribution is -0.138. The van der Waals surface area contributed by atoms with Gasteiger partial charge in [0.2, 0.25) is 11.8 Å². The van der Waals surface area contributed by atoms with E-state index in [0.717, 1.165) is 11.6 Å². The van der Waals surface area contributed by atoms with Gasteiger partial charge < -0.3 is 20.4 Å². The van der Waals surface area contributed by atoms with E-state index >= 15 is 0 Å². The number of aromatic hydroxyl groups is 1. The molecule has 7 nitrogen and oxygen atoms in total. The molecule has 10 heteroatoms. The van der Waals surface area contributed by atoms with Gasteiger partial charge in [-0.15, -0.1) is 10.2 Å². The van der Waals surface area contributed by atoms with Gasteiger partial charge in [-0.25, -0.2) is 0 Å². The Hall–Kier alpha value is -3.24. The van der Waals surface area contributed by atoms with E-state index in [2.05, 4.69) is 10.2 Å². The van der Waals surface area contributed by atoms with Crippen molar-refractivity contribution < 1.29 is 32.6 Å². The molecule has 3 aromatic rings. The summed E-state index contributed by atoms with van der Waals surface area (Å²) in [5.74, 6) is -1.15. The summed E-state index contributed by atoms with van der Waals surface area (Å²) in [5.41, 5.74) is 6.31. The Labute approximate surface area is 174 Å². The highest BCUT2D eigenvalue weighted by Gasteiger charge is 2.35. The van der Waals surface area contributed by atoms with Crippen LogP contribution in [0.4, 0.5) is 13.2 Å². The molecule has 0 spiro atoms. The lowest BCUT2D eigenvalue weighted by atomic mass is 9.76. The molecule has 0 radical (unpaired) electrons. The summed E-state index contributed by atoms with van der Waals surface area (Å²) >= 11 is 0. The fourth-order valence-electron chi connectivity index (χ4n) is 3.78. The number of phenols is 1. The lowest BCUT2D eigenvalue weighted by Crippen LogP contribution is -2.48. The van der Waals surface area contributed by atoms with E-state index in [0.29, 0.717) is 36.3 Å². The van der Waals surface area contributed by atoms with Crippen LogP contribution in [0.1, 0.15) is 33.5 Å². The molecule has 1 aliphatic carbocycles. The van der Waals surface area contributed by atoms with E-state index in [1.54, 1.807) is 12.1 Å². The number of aryl methyl sites for hydroxylation is 1. The molecule has 1 aliphatic rings. The molecule has 1 aromatic heterocycles. The maximum absolute atomic E-state index is 13.1. The van der Waals surface area contributed by atoms with Crippen molar-refractivity contribution in [2.75, 3.05) is 6.61 Å². The second-order valence-corrected chi connectivity index (χ2v) is 7.62. The molecule has 0 unspecified atom stereocenters. The van der Waals surface area contributed by atoms with Gasteiger partial charge in [-0.2, -0.15) is 13.2 Å². The van der Waals surface area contributed by atoms with Crippen molar-refractivity contribution in [1.29, 1.82) is 0 Å². The first-order valence-electron chi connectivity index (χ1n) is 9.39. The number of carbonyl (C=O) groups excluding carboxylic acids is 1. The molecular weight excluding hydrogens is 415 g/mol. The summed E-state index contributed by atoms with van der Waals surface area (Å²) in [6.07, 6.45) is -2.66. The first kappa shape index (κ1) is 21.0. The molecule has 0 saturated heterocycles. The topological polar surface area (TPSA) is 122 Å². The molecule has 0 fully saturated rings. The maximum Gasteiger partial charge on any atom is 0.419 e. The van der Waals surface area contributed by atoms with Crippen LogP contribution < -0.4 is 5.73 Å². The first-order chi connectivity index (χ1) is 14.6. The quantitative estimate of drug-likeness (QED) is 0.540.